The van der Waals surface area contributed by atoms with Gasteiger partial charge in [0.05, 0.1) is 0 Å². The normalized spacial score (nSPS) is 13.0. The van der Waals surface area contributed by atoms with Gasteiger partial charge in [0.15, 0.2) is 0 Å². The zero-order chi connectivity index (χ0) is 13.5. The first-order valence-corrected chi connectivity index (χ1v) is 7.10. The van der Waals surface area contributed by atoms with E-state index in [1.807, 2.05) is 0 Å². The largest absolute Gasteiger partial charge is 0.310 e. The first-order valence-electron chi connectivity index (χ1n) is 6.73. The smallest absolute Gasteiger partial charge is 0.123 e. The third kappa shape index (κ3) is 4.95. The van der Waals surface area contributed by atoms with Crippen molar-refractivity contribution in [1.29, 1.82) is 0 Å². The second-order valence-corrected chi connectivity index (χ2v) is 5.55. The molecule has 1 aromatic rings. The van der Waals surface area contributed by atoms with Crippen LogP contribution in [0.4, 0.5) is 4.39 Å². The third-order valence-corrected chi connectivity index (χ3v) is 3.35. The molecule has 1 unspecified atom stereocenters. The van der Waals surface area contributed by atoms with Crippen LogP contribution in [0.25, 0.3) is 0 Å². The lowest BCUT2D eigenvalue weighted by Gasteiger charge is -2.21. The molecule has 1 nitrogen and oxygen atoms in total. The first-order chi connectivity index (χ1) is 8.54. The highest BCUT2D eigenvalue weighted by molar-refractivity contribution is 6.31. The fourth-order valence-electron chi connectivity index (χ4n) is 1.97. The van der Waals surface area contributed by atoms with E-state index in [1.165, 1.54) is 6.07 Å². The Morgan fingerprint density at radius 3 is 2.61 bits per heavy atom. The lowest BCUT2D eigenvalue weighted by atomic mass is 9.97. The highest BCUT2D eigenvalue weighted by Gasteiger charge is 2.15. The van der Waals surface area contributed by atoms with Crippen molar-refractivity contribution < 1.29 is 4.39 Å². The summed E-state index contributed by atoms with van der Waals surface area (Å²) in [4.78, 5) is 0. The lowest BCUT2D eigenvalue weighted by molar-refractivity contribution is 0.439. The van der Waals surface area contributed by atoms with Crippen LogP contribution in [-0.2, 0) is 0 Å². The standard InChI is InChI=1S/C15H23ClFN/c1-4-9-18-15(8-5-11(2)3)13-10-12(17)6-7-14(13)16/h6-7,10-11,15,18H,4-5,8-9H2,1-3H3. The Labute approximate surface area is 115 Å². The second kappa shape index (κ2) is 7.75. The summed E-state index contributed by atoms with van der Waals surface area (Å²) in [6.07, 6.45) is 3.15. The van der Waals surface area contributed by atoms with Gasteiger partial charge in [0, 0.05) is 11.1 Å². The quantitative estimate of drug-likeness (QED) is 0.739. The SMILES string of the molecule is CCCNC(CCC(C)C)c1cc(F)ccc1Cl. The van der Waals surface area contributed by atoms with Crippen LogP contribution in [-0.4, -0.2) is 6.54 Å². The predicted molar refractivity (Wildman–Crippen MR) is 76.5 cm³/mol. The van der Waals surface area contributed by atoms with E-state index in [2.05, 4.69) is 26.1 Å². The molecule has 0 spiro atoms. The molecule has 1 atom stereocenters. The molecule has 1 N–H and O–H groups in total. The molecule has 0 aliphatic carbocycles. The summed E-state index contributed by atoms with van der Waals surface area (Å²) in [5.41, 5.74) is 0.880. The van der Waals surface area contributed by atoms with E-state index in [-0.39, 0.29) is 11.9 Å². The van der Waals surface area contributed by atoms with Gasteiger partial charge in [-0.15, -0.1) is 0 Å². The second-order valence-electron chi connectivity index (χ2n) is 5.14. The fraction of sp³-hybridized carbons (Fsp3) is 0.600. The van der Waals surface area contributed by atoms with Crippen LogP contribution in [0.5, 0.6) is 0 Å². The van der Waals surface area contributed by atoms with Gasteiger partial charge in [-0.05, 0) is 55.5 Å². The van der Waals surface area contributed by atoms with Crippen molar-refractivity contribution in [3.8, 4) is 0 Å². The molecule has 0 fully saturated rings. The number of hydrogen-bond acceptors (Lipinski definition) is 1. The van der Waals surface area contributed by atoms with E-state index in [0.29, 0.717) is 10.9 Å². The Balaban J connectivity index is 2.82. The van der Waals surface area contributed by atoms with Crippen LogP contribution in [0.15, 0.2) is 18.2 Å². The minimum Gasteiger partial charge on any atom is -0.310 e. The van der Waals surface area contributed by atoms with Gasteiger partial charge in [0.2, 0.25) is 0 Å². The molecule has 0 amide bonds. The molecular weight excluding hydrogens is 249 g/mol. The Morgan fingerprint density at radius 1 is 1.28 bits per heavy atom. The number of rotatable bonds is 7. The molecule has 0 aliphatic rings. The number of halogens is 2. The average Bonchev–Trinajstić information content (AvgIpc) is 2.32. The van der Waals surface area contributed by atoms with Crippen LogP contribution in [0.3, 0.4) is 0 Å². The molecule has 0 radical (unpaired) electrons. The summed E-state index contributed by atoms with van der Waals surface area (Å²) in [5, 5.41) is 4.11. The number of hydrogen-bond donors (Lipinski definition) is 1. The van der Waals surface area contributed by atoms with Crippen molar-refractivity contribution in [2.24, 2.45) is 5.92 Å². The molecule has 1 rings (SSSR count). The van der Waals surface area contributed by atoms with Gasteiger partial charge in [-0.3, -0.25) is 0 Å². The van der Waals surface area contributed by atoms with Gasteiger partial charge in [-0.2, -0.15) is 0 Å². The Kier molecular flexibility index (Phi) is 6.66. The zero-order valence-electron chi connectivity index (χ0n) is 11.5. The van der Waals surface area contributed by atoms with Crippen molar-refractivity contribution in [1.82, 2.24) is 5.32 Å². The summed E-state index contributed by atoms with van der Waals surface area (Å²) in [6, 6.07) is 4.75. The van der Waals surface area contributed by atoms with Crippen molar-refractivity contribution in [2.75, 3.05) is 6.54 Å². The minimum atomic E-state index is -0.220. The molecule has 0 saturated carbocycles. The maximum Gasteiger partial charge on any atom is 0.123 e. The summed E-state index contributed by atoms with van der Waals surface area (Å²) in [6.45, 7) is 7.45. The van der Waals surface area contributed by atoms with Crippen LogP contribution in [0, 0.1) is 11.7 Å². The molecule has 0 aromatic heterocycles. The zero-order valence-corrected chi connectivity index (χ0v) is 12.2. The van der Waals surface area contributed by atoms with Gasteiger partial charge in [0.1, 0.15) is 5.82 Å². The van der Waals surface area contributed by atoms with Gasteiger partial charge >= 0.3 is 0 Å². The molecule has 0 saturated heterocycles. The maximum absolute atomic E-state index is 13.3. The Bertz CT molecular complexity index is 366. The molecular formula is C15H23ClFN. The highest BCUT2D eigenvalue weighted by atomic mass is 35.5. The van der Waals surface area contributed by atoms with Crippen molar-refractivity contribution in [3.63, 3.8) is 0 Å². The van der Waals surface area contributed by atoms with Gasteiger partial charge < -0.3 is 5.32 Å². The molecule has 3 heteroatoms. The molecule has 0 heterocycles. The maximum atomic E-state index is 13.3. The van der Waals surface area contributed by atoms with E-state index in [9.17, 15) is 4.39 Å². The first kappa shape index (κ1) is 15.5. The van der Waals surface area contributed by atoms with E-state index in [4.69, 9.17) is 11.6 Å². The summed E-state index contributed by atoms with van der Waals surface area (Å²) in [5.74, 6) is 0.422. The molecule has 0 aliphatic heterocycles. The molecule has 1 aromatic carbocycles. The van der Waals surface area contributed by atoms with E-state index < -0.39 is 0 Å². The fourth-order valence-corrected chi connectivity index (χ4v) is 2.22. The lowest BCUT2D eigenvalue weighted by Crippen LogP contribution is -2.23. The number of nitrogens with one attached hydrogen (secondary N) is 1. The van der Waals surface area contributed by atoms with E-state index in [0.717, 1.165) is 31.4 Å². The van der Waals surface area contributed by atoms with Crippen molar-refractivity contribution in [2.45, 2.75) is 46.1 Å². The number of benzene rings is 1. The van der Waals surface area contributed by atoms with E-state index in [1.54, 1.807) is 12.1 Å². The summed E-state index contributed by atoms with van der Waals surface area (Å²) >= 11 is 6.18. The summed E-state index contributed by atoms with van der Waals surface area (Å²) < 4.78 is 13.3. The van der Waals surface area contributed by atoms with Crippen molar-refractivity contribution in [3.05, 3.63) is 34.6 Å². The monoisotopic (exact) mass is 271 g/mol. The average molecular weight is 272 g/mol. The molecule has 102 valence electrons. The van der Waals surface area contributed by atoms with Crippen LogP contribution >= 0.6 is 11.6 Å². The third-order valence-electron chi connectivity index (χ3n) is 3.01. The van der Waals surface area contributed by atoms with Gasteiger partial charge in [-0.1, -0.05) is 32.4 Å². The van der Waals surface area contributed by atoms with Crippen LogP contribution in [0.2, 0.25) is 5.02 Å². The van der Waals surface area contributed by atoms with Gasteiger partial charge in [-0.25, -0.2) is 4.39 Å². The Hall–Kier alpha value is -0.600. The van der Waals surface area contributed by atoms with E-state index >= 15 is 0 Å². The van der Waals surface area contributed by atoms with Crippen LogP contribution < -0.4 is 5.32 Å². The summed E-state index contributed by atoms with van der Waals surface area (Å²) in [7, 11) is 0. The van der Waals surface area contributed by atoms with Crippen molar-refractivity contribution >= 4 is 11.6 Å². The van der Waals surface area contributed by atoms with Gasteiger partial charge in [0.25, 0.3) is 0 Å². The topological polar surface area (TPSA) is 12.0 Å². The predicted octanol–water partition coefficient (Wildman–Crippen LogP) is 4.96. The Morgan fingerprint density at radius 2 is 2.00 bits per heavy atom. The molecule has 0 bridgehead atoms. The highest BCUT2D eigenvalue weighted by Crippen LogP contribution is 2.28. The minimum absolute atomic E-state index is 0.149. The van der Waals surface area contributed by atoms with Crippen LogP contribution in [0.1, 0.15) is 51.6 Å². The molecule has 18 heavy (non-hydrogen) atoms.